The van der Waals surface area contributed by atoms with Crippen molar-refractivity contribution in [2.24, 2.45) is 5.73 Å². The van der Waals surface area contributed by atoms with Crippen LogP contribution >= 0.6 is 11.6 Å². The van der Waals surface area contributed by atoms with Crippen LogP contribution in [0.2, 0.25) is 5.02 Å². The molecule has 6 aromatic rings. The second-order valence-electron chi connectivity index (χ2n) is 13.4. The number of amides is 1. The number of rotatable bonds is 7. The van der Waals surface area contributed by atoms with Crippen molar-refractivity contribution in [3.63, 3.8) is 0 Å². The SMILES string of the molecule is C.C=C1CC(c2ccc(OCC(N)=O)cc2)c2cnn(-c3ccc(F)cc3F)c2N1.C=C1Cc2c(cnn2-c2ccc(C)c(Cl)c2)C(c2ccc(O)cc2)C1. The molecule has 1 aliphatic carbocycles. The van der Waals surface area contributed by atoms with E-state index >= 15 is 0 Å². The lowest BCUT2D eigenvalue weighted by Gasteiger charge is -2.26. The normalized spacial score (nSPS) is 15.8. The minimum absolute atomic E-state index is 0. The maximum Gasteiger partial charge on any atom is 0.255 e. The van der Waals surface area contributed by atoms with Gasteiger partial charge in [0.15, 0.2) is 12.4 Å². The van der Waals surface area contributed by atoms with E-state index in [-0.39, 0.29) is 37.3 Å². The average Bonchev–Trinajstić information content (AvgIpc) is 3.77. The van der Waals surface area contributed by atoms with Crippen LogP contribution in [0.5, 0.6) is 11.5 Å². The monoisotopic (exact) mass is 762 g/mol. The third-order valence-electron chi connectivity index (χ3n) is 9.60. The second-order valence-corrected chi connectivity index (χ2v) is 13.8. The summed E-state index contributed by atoms with van der Waals surface area (Å²) in [7, 11) is 0. The molecule has 282 valence electrons. The summed E-state index contributed by atoms with van der Waals surface area (Å²) in [5.74, 6) is -0.344. The number of anilines is 1. The number of hydrogen-bond acceptors (Lipinski definition) is 6. The predicted octanol–water partition coefficient (Wildman–Crippen LogP) is 9.29. The van der Waals surface area contributed by atoms with Gasteiger partial charge in [0, 0.05) is 46.2 Å². The van der Waals surface area contributed by atoms with Gasteiger partial charge < -0.3 is 20.9 Å². The largest absolute Gasteiger partial charge is 0.508 e. The van der Waals surface area contributed by atoms with E-state index in [1.54, 1.807) is 30.5 Å². The molecule has 9 nitrogen and oxygen atoms in total. The maximum absolute atomic E-state index is 14.3. The third-order valence-corrected chi connectivity index (χ3v) is 10.0. The van der Waals surface area contributed by atoms with E-state index < -0.39 is 17.5 Å². The number of carbonyl (C=O) groups is 1. The highest BCUT2D eigenvalue weighted by molar-refractivity contribution is 6.31. The first-order valence-electron chi connectivity index (χ1n) is 17.2. The lowest BCUT2D eigenvalue weighted by Crippen LogP contribution is -2.20. The molecule has 0 spiro atoms. The van der Waals surface area contributed by atoms with Gasteiger partial charge in [-0.05, 0) is 85.0 Å². The van der Waals surface area contributed by atoms with Crippen molar-refractivity contribution in [2.45, 2.75) is 45.4 Å². The lowest BCUT2D eigenvalue weighted by atomic mass is 9.80. The summed E-state index contributed by atoms with van der Waals surface area (Å²) in [4.78, 5) is 10.8. The van der Waals surface area contributed by atoms with Crippen molar-refractivity contribution in [3.8, 4) is 22.9 Å². The first kappa shape index (κ1) is 38.5. The van der Waals surface area contributed by atoms with Gasteiger partial charge in [-0.15, -0.1) is 0 Å². The maximum atomic E-state index is 14.3. The van der Waals surface area contributed by atoms with Crippen molar-refractivity contribution in [1.29, 1.82) is 0 Å². The van der Waals surface area contributed by atoms with Crippen LogP contribution < -0.4 is 15.8 Å². The molecule has 2 atom stereocenters. The number of nitrogens with two attached hydrogens (primary N) is 1. The van der Waals surface area contributed by atoms with Crippen LogP contribution in [0.4, 0.5) is 14.6 Å². The van der Waals surface area contributed by atoms with E-state index in [0.29, 0.717) is 18.0 Å². The quantitative estimate of drug-likeness (QED) is 0.140. The van der Waals surface area contributed by atoms with Crippen LogP contribution in [0.15, 0.2) is 122 Å². The average molecular weight is 763 g/mol. The number of nitrogens with zero attached hydrogens (tertiary/aromatic N) is 4. The molecular weight excluding hydrogens is 722 g/mol. The van der Waals surface area contributed by atoms with Gasteiger partial charge in [0.05, 0.1) is 23.8 Å². The van der Waals surface area contributed by atoms with Gasteiger partial charge in [-0.25, -0.2) is 18.1 Å². The highest BCUT2D eigenvalue weighted by Gasteiger charge is 2.30. The molecule has 0 bridgehead atoms. The Morgan fingerprint density at radius 3 is 2.25 bits per heavy atom. The minimum Gasteiger partial charge on any atom is -0.508 e. The molecule has 1 amide bonds. The number of phenols is 1. The highest BCUT2D eigenvalue weighted by Crippen LogP contribution is 2.42. The number of aromatic nitrogens is 4. The Hall–Kier alpha value is -6.20. The number of aromatic hydroxyl groups is 1. The summed E-state index contributed by atoms with van der Waals surface area (Å²) in [6.45, 7) is 10.1. The summed E-state index contributed by atoms with van der Waals surface area (Å²) in [6, 6.07) is 24.1. The summed E-state index contributed by atoms with van der Waals surface area (Å²) < 4.78 is 36.2. The van der Waals surface area contributed by atoms with E-state index in [1.807, 2.05) is 60.3 Å². The van der Waals surface area contributed by atoms with Crippen LogP contribution in [0.3, 0.4) is 0 Å². The standard InChI is InChI=1S/C21H19ClN2O.C21H18F2N4O2.CH4/c1-13-9-18(15-4-7-17(25)8-5-15)19-12-23-24(21(19)10-13)16-6-3-14(2)20(22)11-16;1-12-8-16(13-2-5-15(6-3-13)29-11-20(24)28)17-10-25-27(21(17)26-12)19-7-4-14(22)9-18(19)23;/h3-8,11-12,18,25H,1,9-10H2,2H3;2-7,9-10,16,26H,1,8,11H2,(H2,24,28);1H4. The highest BCUT2D eigenvalue weighted by atomic mass is 35.5. The minimum atomic E-state index is -0.707. The second kappa shape index (κ2) is 16.0. The molecule has 0 fully saturated rings. The summed E-state index contributed by atoms with van der Waals surface area (Å²) >= 11 is 6.30. The molecule has 2 aliphatic rings. The zero-order valence-corrected chi connectivity index (χ0v) is 30.2. The summed E-state index contributed by atoms with van der Waals surface area (Å²) in [6.07, 6.45) is 5.96. The fraction of sp³-hybridized carbons (Fsp3) is 0.186. The fourth-order valence-electron chi connectivity index (χ4n) is 6.90. The molecule has 4 aromatic carbocycles. The first-order chi connectivity index (χ1) is 25.9. The fourth-order valence-corrected chi connectivity index (χ4v) is 7.08. The molecular formula is C43H41ClF2N6O3. The Labute approximate surface area is 323 Å². The lowest BCUT2D eigenvalue weighted by molar-refractivity contribution is -0.119. The number of aryl methyl sites for hydroxylation is 1. The predicted molar refractivity (Wildman–Crippen MR) is 211 cm³/mol. The van der Waals surface area contributed by atoms with Crippen molar-refractivity contribution in [2.75, 3.05) is 11.9 Å². The molecule has 0 saturated heterocycles. The molecule has 1 aliphatic heterocycles. The van der Waals surface area contributed by atoms with Crippen LogP contribution in [-0.4, -0.2) is 37.2 Å². The van der Waals surface area contributed by atoms with E-state index in [2.05, 4.69) is 28.7 Å². The number of fused-ring (bicyclic) bond motifs is 2. The molecule has 8 rings (SSSR count). The Bertz CT molecular complexity index is 2390. The van der Waals surface area contributed by atoms with E-state index in [0.717, 1.165) is 57.7 Å². The van der Waals surface area contributed by atoms with E-state index in [9.17, 15) is 18.7 Å². The number of allylic oxidation sites excluding steroid dienone is 2. The number of ether oxygens (including phenoxy) is 1. The summed E-state index contributed by atoms with van der Waals surface area (Å²) in [5.41, 5.74) is 14.6. The van der Waals surface area contributed by atoms with Crippen molar-refractivity contribution in [1.82, 2.24) is 19.6 Å². The van der Waals surface area contributed by atoms with Crippen molar-refractivity contribution >= 4 is 23.3 Å². The Balaban J connectivity index is 0.000000185. The van der Waals surface area contributed by atoms with Crippen LogP contribution in [0.1, 0.15) is 65.6 Å². The van der Waals surface area contributed by atoms with Crippen LogP contribution in [-0.2, 0) is 11.2 Å². The number of primary amides is 1. The molecule has 0 saturated carbocycles. The molecule has 3 heterocycles. The molecule has 55 heavy (non-hydrogen) atoms. The van der Waals surface area contributed by atoms with Crippen LogP contribution in [0.25, 0.3) is 11.4 Å². The van der Waals surface area contributed by atoms with Gasteiger partial charge >= 0.3 is 0 Å². The smallest absolute Gasteiger partial charge is 0.255 e. The van der Waals surface area contributed by atoms with Crippen LogP contribution in [0, 0.1) is 18.6 Å². The number of benzene rings is 4. The van der Waals surface area contributed by atoms with Gasteiger partial charge in [-0.3, -0.25) is 4.79 Å². The van der Waals surface area contributed by atoms with Gasteiger partial charge in [-0.1, -0.05) is 68.1 Å². The zero-order valence-electron chi connectivity index (χ0n) is 29.4. The molecule has 2 unspecified atom stereocenters. The number of hydrogen-bond donors (Lipinski definition) is 3. The number of phenolic OH excluding ortho intramolecular Hbond substituents is 1. The molecule has 12 heteroatoms. The third kappa shape index (κ3) is 8.17. The van der Waals surface area contributed by atoms with Crippen molar-refractivity contribution < 1.29 is 23.4 Å². The van der Waals surface area contributed by atoms with Gasteiger partial charge in [0.1, 0.15) is 28.8 Å². The molecule has 4 N–H and O–H groups in total. The van der Waals surface area contributed by atoms with Gasteiger partial charge in [0.2, 0.25) is 0 Å². The van der Waals surface area contributed by atoms with Gasteiger partial charge in [0.25, 0.3) is 5.91 Å². The van der Waals surface area contributed by atoms with E-state index in [4.69, 9.17) is 22.1 Å². The van der Waals surface area contributed by atoms with E-state index in [1.165, 1.54) is 33.5 Å². The summed E-state index contributed by atoms with van der Waals surface area (Å²) in [5, 5.41) is 22.4. The Morgan fingerprint density at radius 1 is 0.927 bits per heavy atom. The first-order valence-corrected chi connectivity index (χ1v) is 17.6. The molecule has 0 radical (unpaired) electrons. The number of carbonyl (C=O) groups excluding carboxylic acids is 1. The number of nitrogens with one attached hydrogen (secondary N) is 1. The topological polar surface area (TPSA) is 120 Å². The Kier molecular flexibility index (Phi) is 11.2. The van der Waals surface area contributed by atoms with Gasteiger partial charge in [-0.2, -0.15) is 10.2 Å². The zero-order chi connectivity index (χ0) is 38.1. The molecule has 2 aromatic heterocycles. The van der Waals surface area contributed by atoms with Crippen molar-refractivity contribution in [3.05, 3.63) is 172 Å². The Morgan fingerprint density at radius 2 is 1.58 bits per heavy atom. The number of halogens is 3.